The molecule has 0 atom stereocenters. The number of imidazole rings is 1. The lowest BCUT2D eigenvalue weighted by Gasteiger charge is -2.25. The Morgan fingerprint density at radius 1 is 1.00 bits per heavy atom. The van der Waals surface area contributed by atoms with Crippen LogP contribution in [0.15, 0.2) is 48.7 Å². The summed E-state index contributed by atoms with van der Waals surface area (Å²) in [4.78, 5) is 4.39. The number of benzene rings is 1. The molecule has 1 N–H and O–H groups in total. The van der Waals surface area contributed by atoms with Crippen LogP contribution in [0.3, 0.4) is 0 Å². The third-order valence-corrected chi connectivity index (χ3v) is 4.54. The summed E-state index contributed by atoms with van der Waals surface area (Å²) in [5, 5.41) is 14.2. The van der Waals surface area contributed by atoms with Crippen molar-refractivity contribution in [3.05, 3.63) is 59.9 Å². The zero-order valence-electron chi connectivity index (χ0n) is 14.0. The number of nitrogens with zero attached hydrogens (tertiary/aromatic N) is 3. The van der Waals surface area contributed by atoms with Gasteiger partial charge in [0.1, 0.15) is 6.10 Å². The van der Waals surface area contributed by atoms with Gasteiger partial charge in [0, 0.05) is 6.07 Å². The standard InChI is InChI=1S/C20H21N3O2/c24-17-8-10-18(11-9-17)25-20-13-12-19-21-14-16(23(19)22-20)7-6-15-4-2-1-3-5-15/h1-7,12-14,17-18,24H,8-11H2. The highest BCUT2D eigenvalue weighted by molar-refractivity contribution is 5.69. The molecule has 5 heteroatoms. The first kappa shape index (κ1) is 15.8. The fourth-order valence-corrected chi connectivity index (χ4v) is 3.13. The van der Waals surface area contributed by atoms with E-state index in [-0.39, 0.29) is 12.2 Å². The Morgan fingerprint density at radius 3 is 2.60 bits per heavy atom. The molecule has 0 amide bonds. The number of hydrogen-bond acceptors (Lipinski definition) is 4. The Balaban J connectivity index is 1.54. The number of aliphatic hydroxyl groups excluding tert-OH is 1. The molecule has 1 saturated carbocycles. The molecule has 1 aromatic carbocycles. The van der Waals surface area contributed by atoms with E-state index in [1.54, 1.807) is 4.52 Å². The number of rotatable bonds is 4. The van der Waals surface area contributed by atoms with Gasteiger partial charge in [-0.05, 0) is 43.4 Å². The Kier molecular flexibility index (Phi) is 4.48. The molecule has 0 bridgehead atoms. The molecular weight excluding hydrogens is 314 g/mol. The number of fused-ring (bicyclic) bond motifs is 1. The van der Waals surface area contributed by atoms with Crippen molar-refractivity contribution in [2.45, 2.75) is 37.9 Å². The van der Waals surface area contributed by atoms with Gasteiger partial charge in [0.15, 0.2) is 5.65 Å². The summed E-state index contributed by atoms with van der Waals surface area (Å²) >= 11 is 0. The third kappa shape index (κ3) is 3.72. The molecule has 3 aromatic rings. The first-order valence-electron chi connectivity index (χ1n) is 8.70. The van der Waals surface area contributed by atoms with Crippen LogP contribution in [0, 0.1) is 0 Å². The van der Waals surface area contributed by atoms with Gasteiger partial charge in [-0.1, -0.05) is 36.4 Å². The Hall–Kier alpha value is -2.66. The monoisotopic (exact) mass is 335 g/mol. The van der Waals surface area contributed by atoms with Gasteiger partial charge in [-0.15, -0.1) is 5.10 Å². The summed E-state index contributed by atoms with van der Waals surface area (Å²) in [6.45, 7) is 0. The summed E-state index contributed by atoms with van der Waals surface area (Å²) in [5.41, 5.74) is 2.83. The van der Waals surface area contributed by atoms with E-state index in [1.807, 2.05) is 48.7 Å². The smallest absolute Gasteiger partial charge is 0.232 e. The summed E-state index contributed by atoms with van der Waals surface area (Å²) in [5.74, 6) is 0.598. The zero-order chi connectivity index (χ0) is 17.1. The molecule has 2 aromatic heterocycles. The molecule has 1 aliphatic carbocycles. The predicted octanol–water partition coefficient (Wildman–Crippen LogP) is 3.58. The van der Waals surface area contributed by atoms with Crippen LogP contribution in [0.5, 0.6) is 5.88 Å². The maximum atomic E-state index is 9.60. The summed E-state index contributed by atoms with van der Waals surface area (Å²) in [7, 11) is 0. The van der Waals surface area contributed by atoms with Gasteiger partial charge in [0.05, 0.1) is 18.0 Å². The van der Waals surface area contributed by atoms with E-state index in [0.717, 1.165) is 42.6 Å². The van der Waals surface area contributed by atoms with Crippen LogP contribution in [-0.4, -0.2) is 31.9 Å². The lowest BCUT2D eigenvalue weighted by molar-refractivity contribution is 0.0637. The van der Waals surface area contributed by atoms with E-state index in [4.69, 9.17) is 4.74 Å². The molecule has 0 radical (unpaired) electrons. The second-order valence-electron chi connectivity index (χ2n) is 6.42. The van der Waals surface area contributed by atoms with Crippen LogP contribution in [0.25, 0.3) is 17.8 Å². The van der Waals surface area contributed by atoms with Crippen molar-refractivity contribution in [2.75, 3.05) is 0 Å². The van der Waals surface area contributed by atoms with Gasteiger partial charge in [0.25, 0.3) is 0 Å². The van der Waals surface area contributed by atoms with Crippen molar-refractivity contribution in [3.8, 4) is 5.88 Å². The van der Waals surface area contributed by atoms with Crippen LogP contribution in [0.2, 0.25) is 0 Å². The van der Waals surface area contributed by atoms with Crippen LogP contribution in [0.4, 0.5) is 0 Å². The maximum absolute atomic E-state index is 9.60. The van der Waals surface area contributed by atoms with Gasteiger partial charge in [-0.25, -0.2) is 9.50 Å². The number of aromatic nitrogens is 3. The fourth-order valence-electron chi connectivity index (χ4n) is 3.13. The Morgan fingerprint density at radius 2 is 1.80 bits per heavy atom. The van der Waals surface area contributed by atoms with Crippen LogP contribution in [0.1, 0.15) is 36.9 Å². The van der Waals surface area contributed by atoms with E-state index in [0.29, 0.717) is 5.88 Å². The van der Waals surface area contributed by atoms with Gasteiger partial charge < -0.3 is 9.84 Å². The van der Waals surface area contributed by atoms with E-state index in [9.17, 15) is 5.11 Å². The average Bonchev–Trinajstić information content (AvgIpc) is 3.05. The predicted molar refractivity (Wildman–Crippen MR) is 97.2 cm³/mol. The molecule has 2 heterocycles. The molecule has 5 nitrogen and oxygen atoms in total. The molecule has 0 saturated heterocycles. The Bertz CT molecular complexity index is 865. The van der Waals surface area contributed by atoms with Gasteiger partial charge >= 0.3 is 0 Å². The molecule has 128 valence electrons. The van der Waals surface area contributed by atoms with Gasteiger partial charge in [0.2, 0.25) is 5.88 Å². The summed E-state index contributed by atoms with van der Waals surface area (Å²) in [6, 6.07) is 13.9. The van der Waals surface area contributed by atoms with Crippen molar-refractivity contribution >= 4 is 17.8 Å². The van der Waals surface area contributed by atoms with Crippen molar-refractivity contribution in [1.82, 2.24) is 14.6 Å². The van der Waals surface area contributed by atoms with Crippen LogP contribution >= 0.6 is 0 Å². The molecule has 1 aliphatic rings. The zero-order valence-corrected chi connectivity index (χ0v) is 14.0. The highest BCUT2D eigenvalue weighted by Gasteiger charge is 2.21. The van der Waals surface area contributed by atoms with Crippen molar-refractivity contribution < 1.29 is 9.84 Å². The molecular formula is C20H21N3O2. The highest BCUT2D eigenvalue weighted by atomic mass is 16.5. The van der Waals surface area contributed by atoms with Crippen LogP contribution < -0.4 is 4.74 Å². The van der Waals surface area contributed by atoms with Crippen LogP contribution in [-0.2, 0) is 0 Å². The largest absolute Gasteiger partial charge is 0.473 e. The van der Waals surface area contributed by atoms with Crippen molar-refractivity contribution in [2.24, 2.45) is 0 Å². The summed E-state index contributed by atoms with van der Waals surface area (Å²) in [6.07, 6.45) is 9.12. The van der Waals surface area contributed by atoms with E-state index in [1.165, 1.54) is 0 Å². The number of ether oxygens (including phenoxy) is 1. The molecule has 0 spiro atoms. The molecule has 4 rings (SSSR count). The van der Waals surface area contributed by atoms with Gasteiger partial charge in [-0.3, -0.25) is 0 Å². The lowest BCUT2D eigenvalue weighted by Crippen LogP contribution is -2.26. The minimum Gasteiger partial charge on any atom is -0.473 e. The minimum absolute atomic E-state index is 0.125. The first-order chi connectivity index (χ1) is 12.3. The molecule has 0 aliphatic heterocycles. The second kappa shape index (κ2) is 7.07. The minimum atomic E-state index is -0.182. The highest BCUT2D eigenvalue weighted by Crippen LogP contribution is 2.23. The van der Waals surface area contributed by atoms with E-state index in [2.05, 4.69) is 22.2 Å². The quantitative estimate of drug-likeness (QED) is 0.792. The van der Waals surface area contributed by atoms with Crippen molar-refractivity contribution in [1.29, 1.82) is 0 Å². The third-order valence-electron chi connectivity index (χ3n) is 4.54. The molecule has 0 unspecified atom stereocenters. The summed E-state index contributed by atoms with van der Waals surface area (Å²) < 4.78 is 7.80. The fraction of sp³-hybridized carbons (Fsp3) is 0.300. The lowest BCUT2D eigenvalue weighted by atomic mass is 9.95. The average molecular weight is 335 g/mol. The second-order valence-corrected chi connectivity index (χ2v) is 6.42. The topological polar surface area (TPSA) is 59.7 Å². The SMILES string of the molecule is OC1CCC(Oc2ccc3ncc(C=Cc4ccccc4)n3n2)CC1. The van der Waals surface area contributed by atoms with E-state index < -0.39 is 0 Å². The van der Waals surface area contributed by atoms with E-state index >= 15 is 0 Å². The Labute approximate surface area is 146 Å². The number of hydrogen-bond donors (Lipinski definition) is 1. The normalized spacial score (nSPS) is 21.0. The maximum Gasteiger partial charge on any atom is 0.232 e. The van der Waals surface area contributed by atoms with Gasteiger partial charge in [-0.2, -0.15) is 0 Å². The number of aliphatic hydroxyl groups is 1. The first-order valence-corrected chi connectivity index (χ1v) is 8.70. The molecule has 1 fully saturated rings. The molecule has 25 heavy (non-hydrogen) atoms. The van der Waals surface area contributed by atoms with Crippen molar-refractivity contribution in [3.63, 3.8) is 0 Å².